The van der Waals surface area contributed by atoms with E-state index in [-0.39, 0.29) is 11.1 Å². The lowest BCUT2D eigenvalue weighted by Crippen LogP contribution is -2.28. The van der Waals surface area contributed by atoms with E-state index in [0.29, 0.717) is 17.7 Å². The fourth-order valence-electron chi connectivity index (χ4n) is 3.37. The maximum atomic E-state index is 13.6. The van der Waals surface area contributed by atoms with Crippen LogP contribution >= 0.6 is 0 Å². The lowest BCUT2D eigenvalue weighted by molar-refractivity contribution is 0.0697. The minimum Gasteiger partial charge on any atom is -0.478 e. The first kappa shape index (κ1) is 17.5. The predicted molar refractivity (Wildman–Crippen MR) is 92.9 cm³/mol. The highest BCUT2D eigenvalue weighted by Crippen LogP contribution is 2.26. The molecule has 3 rings (SSSR count). The van der Waals surface area contributed by atoms with E-state index in [2.05, 4.69) is 28.7 Å². The zero-order valence-electron chi connectivity index (χ0n) is 14.4. The van der Waals surface area contributed by atoms with Gasteiger partial charge in [-0.2, -0.15) is 0 Å². The quantitative estimate of drug-likeness (QED) is 0.903. The molecule has 5 nitrogen and oxygen atoms in total. The Morgan fingerprint density at radius 1 is 1.36 bits per heavy atom. The van der Waals surface area contributed by atoms with Gasteiger partial charge in [-0.25, -0.2) is 19.2 Å². The van der Waals surface area contributed by atoms with Crippen molar-refractivity contribution in [3.8, 4) is 11.3 Å². The zero-order valence-corrected chi connectivity index (χ0v) is 14.4. The summed E-state index contributed by atoms with van der Waals surface area (Å²) in [6.07, 6.45) is 3.37. The Bertz CT molecular complexity index is 779. The summed E-state index contributed by atoms with van der Waals surface area (Å²) >= 11 is 0. The van der Waals surface area contributed by atoms with Crippen molar-refractivity contribution < 1.29 is 14.3 Å². The molecule has 6 heteroatoms. The van der Waals surface area contributed by atoms with E-state index in [9.17, 15) is 14.3 Å². The van der Waals surface area contributed by atoms with E-state index in [4.69, 9.17) is 0 Å². The van der Waals surface area contributed by atoms with Crippen LogP contribution in [0.1, 0.15) is 36.3 Å². The van der Waals surface area contributed by atoms with Gasteiger partial charge in [-0.05, 0) is 63.4 Å². The molecule has 0 aliphatic carbocycles. The second-order valence-corrected chi connectivity index (χ2v) is 6.84. The van der Waals surface area contributed by atoms with Crippen molar-refractivity contribution in [3.63, 3.8) is 0 Å². The minimum absolute atomic E-state index is 0.0397. The number of carboxylic acids is 1. The summed E-state index contributed by atoms with van der Waals surface area (Å²) in [7, 11) is 0. The van der Waals surface area contributed by atoms with Gasteiger partial charge in [0.25, 0.3) is 0 Å². The molecular weight excluding hydrogens is 321 g/mol. The number of likely N-dealkylation sites (tertiary alicyclic amines) is 1. The SMILES string of the molecule is CC(C)N1CCC(Cc2cc(-c3cc(F)ccc3C(=O)O)ncn2)C1. The van der Waals surface area contributed by atoms with Gasteiger partial charge < -0.3 is 10.0 Å². The summed E-state index contributed by atoms with van der Waals surface area (Å²) in [4.78, 5) is 22.3. The number of hydrogen-bond donors (Lipinski definition) is 1. The van der Waals surface area contributed by atoms with Crippen LogP contribution in [-0.2, 0) is 6.42 Å². The Labute approximate surface area is 146 Å². The molecule has 0 spiro atoms. The van der Waals surface area contributed by atoms with Gasteiger partial charge in [0.2, 0.25) is 0 Å². The summed E-state index contributed by atoms with van der Waals surface area (Å²) in [5.41, 5.74) is 1.63. The Balaban J connectivity index is 1.83. The Kier molecular flexibility index (Phi) is 5.08. The van der Waals surface area contributed by atoms with E-state index >= 15 is 0 Å². The molecule has 132 valence electrons. The lowest BCUT2D eigenvalue weighted by Gasteiger charge is -2.20. The maximum Gasteiger partial charge on any atom is 0.336 e. The molecule has 1 atom stereocenters. The molecule has 1 aliphatic heterocycles. The number of aromatic nitrogens is 2. The van der Waals surface area contributed by atoms with Crippen LogP contribution in [0, 0.1) is 11.7 Å². The first-order valence-corrected chi connectivity index (χ1v) is 8.52. The monoisotopic (exact) mass is 343 g/mol. The fraction of sp³-hybridized carbons (Fsp3) is 0.421. The van der Waals surface area contributed by atoms with E-state index in [1.54, 1.807) is 6.07 Å². The smallest absolute Gasteiger partial charge is 0.336 e. The maximum absolute atomic E-state index is 13.6. The number of benzene rings is 1. The van der Waals surface area contributed by atoms with Crippen molar-refractivity contribution in [1.82, 2.24) is 14.9 Å². The second-order valence-electron chi connectivity index (χ2n) is 6.84. The molecule has 25 heavy (non-hydrogen) atoms. The van der Waals surface area contributed by atoms with Gasteiger partial charge in [0.05, 0.1) is 11.3 Å². The number of rotatable bonds is 5. The first-order chi connectivity index (χ1) is 11.9. The third-order valence-corrected chi connectivity index (χ3v) is 4.76. The van der Waals surface area contributed by atoms with Crippen molar-refractivity contribution in [2.45, 2.75) is 32.7 Å². The van der Waals surface area contributed by atoms with Gasteiger partial charge in [0, 0.05) is 23.8 Å². The number of carboxylic acid groups (broad SMARTS) is 1. The summed E-state index contributed by atoms with van der Waals surface area (Å²) in [6.45, 7) is 6.52. The molecular formula is C19H22FN3O2. The number of hydrogen-bond acceptors (Lipinski definition) is 4. The van der Waals surface area contributed by atoms with Gasteiger partial charge in [-0.1, -0.05) is 0 Å². The molecule has 1 unspecified atom stereocenters. The normalized spacial score (nSPS) is 18.0. The highest BCUT2D eigenvalue weighted by Gasteiger charge is 2.25. The molecule has 0 saturated carbocycles. The van der Waals surface area contributed by atoms with Gasteiger partial charge in [-0.3, -0.25) is 0 Å². The average molecular weight is 343 g/mol. The van der Waals surface area contributed by atoms with Crippen LogP contribution < -0.4 is 0 Å². The van der Waals surface area contributed by atoms with Crippen LogP contribution in [0.2, 0.25) is 0 Å². The molecule has 0 radical (unpaired) electrons. The summed E-state index contributed by atoms with van der Waals surface area (Å²) in [6, 6.07) is 5.95. The van der Waals surface area contributed by atoms with E-state index in [1.165, 1.54) is 18.5 Å². The molecule has 1 aliphatic rings. The number of aromatic carboxylic acids is 1. The summed E-state index contributed by atoms with van der Waals surface area (Å²) in [5.74, 6) is -1.06. The largest absolute Gasteiger partial charge is 0.478 e. The van der Waals surface area contributed by atoms with Crippen molar-refractivity contribution in [2.24, 2.45) is 5.92 Å². The van der Waals surface area contributed by atoms with Crippen LogP contribution in [0.15, 0.2) is 30.6 Å². The first-order valence-electron chi connectivity index (χ1n) is 8.52. The molecule has 2 heterocycles. The van der Waals surface area contributed by atoms with Crippen LogP contribution in [0.4, 0.5) is 4.39 Å². The minimum atomic E-state index is -1.10. The highest BCUT2D eigenvalue weighted by molar-refractivity contribution is 5.95. The molecule has 0 bridgehead atoms. The molecule has 1 fully saturated rings. The average Bonchev–Trinajstić information content (AvgIpc) is 3.03. The Morgan fingerprint density at radius 2 is 2.16 bits per heavy atom. The third-order valence-electron chi connectivity index (χ3n) is 4.76. The van der Waals surface area contributed by atoms with Crippen molar-refractivity contribution in [3.05, 3.63) is 47.7 Å². The standard InChI is InChI=1S/C19H22FN3O2/c1-12(2)23-6-5-13(10-23)7-15-9-18(22-11-21-15)17-8-14(20)3-4-16(17)19(24)25/h3-4,8-9,11-13H,5-7,10H2,1-2H3,(H,24,25). The topological polar surface area (TPSA) is 66.3 Å². The third kappa shape index (κ3) is 4.02. The van der Waals surface area contributed by atoms with Crippen LogP contribution in [0.3, 0.4) is 0 Å². The van der Waals surface area contributed by atoms with Gasteiger partial charge >= 0.3 is 5.97 Å². The number of halogens is 1. The van der Waals surface area contributed by atoms with E-state index in [0.717, 1.165) is 37.7 Å². The van der Waals surface area contributed by atoms with Crippen molar-refractivity contribution in [2.75, 3.05) is 13.1 Å². The number of carbonyl (C=O) groups is 1. The molecule has 0 amide bonds. The Hall–Kier alpha value is -2.34. The van der Waals surface area contributed by atoms with Crippen LogP contribution in [0.5, 0.6) is 0 Å². The molecule has 1 saturated heterocycles. The number of nitrogens with zero attached hydrogens (tertiary/aromatic N) is 3. The van der Waals surface area contributed by atoms with Gasteiger partial charge in [0.15, 0.2) is 0 Å². The van der Waals surface area contributed by atoms with Gasteiger partial charge in [-0.15, -0.1) is 0 Å². The lowest BCUT2D eigenvalue weighted by atomic mass is 9.99. The highest BCUT2D eigenvalue weighted by atomic mass is 19.1. The van der Waals surface area contributed by atoms with Crippen molar-refractivity contribution >= 4 is 5.97 Å². The molecule has 2 aromatic rings. The summed E-state index contributed by atoms with van der Waals surface area (Å²) in [5, 5.41) is 9.33. The second kappa shape index (κ2) is 7.27. The van der Waals surface area contributed by atoms with E-state index in [1.807, 2.05) is 0 Å². The molecule has 1 aromatic heterocycles. The molecule has 1 N–H and O–H groups in total. The predicted octanol–water partition coefficient (Wildman–Crippen LogP) is 3.25. The summed E-state index contributed by atoms with van der Waals surface area (Å²) < 4.78 is 13.6. The van der Waals surface area contributed by atoms with Gasteiger partial charge in [0.1, 0.15) is 12.1 Å². The molecule has 1 aromatic carbocycles. The van der Waals surface area contributed by atoms with Crippen LogP contribution in [-0.4, -0.2) is 45.1 Å². The fourth-order valence-corrected chi connectivity index (χ4v) is 3.37. The zero-order chi connectivity index (χ0) is 18.0. The van der Waals surface area contributed by atoms with Crippen molar-refractivity contribution in [1.29, 1.82) is 0 Å². The van der Waals surface area contributed by atoms with E-state index < -0.39 is 11.8 Å². The van der Waals surface area contributed by atoms with Crippen LogP contribution in [0.25, 0.3) is 11.3 Å². The Morgan fingerprint density at radius 3 is 2.84 bits per heavy atom.